The van der Waals surface area contributed by atoms with Gasteiger partial charge in [0.1, 0.15) is 12.4 Å². The molecule has 0 bridgehead atoms. The summed E-state index contributed by atoms with van der Waals surface area (Å²) in [7, 11) is 3.02. The Morgan fingerprint density at radius 2 is 1.69 bits per heavy atom. The van der Waals surface area contributed by atoms with Crippen LogP contribution in [0.2, 0.25) is 0 Å². The highest BCUT2D eigenvalue weighted by Gasteiger charge is 2.31. The van der Waals surface area contributed by atoms with Gasteiger partial charge in [-0.15, -0.1) is 0 Å². The first kappa shape index (κ1) is 25.3. The molecule has 6 heteroatoms. The van der Waals surface area contributed by atoms with Crippen molar-refractivity contribution in [2.75, 3.05) is 14.2 Å². The molecule has 3 aromatic carbocycles. The molecule has 1 aliphatic rings. The lowest BCUT2D eigenvalue weighted by molar-refractivity contribution is -0.139. The fourth-order valence-corrected chi connectivity index (χ4v) is 4.46. The summed E-state index contributed by atoms with van der Waals surface area (Å²) in [6, 6.07) is 21.8. The smallest absolute Gasteiger partial charge is 0.410 e. The molecule has 0 unspecified atom stereocenters. The fourth-order valence-electron chi connectivity index (χ4n) is 4.46. The van der Waals surface area contributed by atoms with Crippen LogP contribution in [0.3, 0.4) is 0 Å². The molecular formula is C30H33NO5. The number of carbonyl (C=O) groups excluding carboxylic acids is 2. The van der Waals surface area contributed by atoms with Crippen molar-refractivity contribution in [3.8, 4) is 16.9 Å². The average molecular weight is 488 g/mol. The minimum absolute atomic E-state index is 0.161. The van der Waals surface area contributed by atoms with Crippen LogP contribution < -0.4 is 4.74 Å². The van der Waals surface area contributed by atoms with E-state index in [-0.39, 0.29) is 31.1 Å². The molecule has 0 heterocycles. The molecular weight excluding hydrogens is 454 g/mol. The molecule has 0 radical (unpaired) electrons. The van der Waals surface area contributed by atoms with E-state index >= 15 is 0 Å². The second-order valence-corrected chi connectivity index (χ2v) is 9.20. The Balaban J connectivity index is 1.64. The van der Waals surface area contributed by atoms with Crippen molar-refractivity contribution in [3.05, 3.63) is 89.0 Å². The molecule has 0 saturated heterocycles. The highest BCUT2D eigenvalue weighted by molar-refractivity contribution is 5.78. The predicted molar refractivity (Wildman–Crippen MR) is 139 cm³/mol. The highest BCUT2D eigenvalue weighted by Crippen LogP contribution is 2.36. The van der Waals surface area contributed by atoms with Crippen LogP contribution in [-0.4, -0.2) is 37.2 Å². The van der Waals surface area contributed by atoms with Crippen molar-refractivity contribution < 1.29 is 23.8 Å². The van der Waals surface area contributed by atoms with Gasteiger partial charge in [0.25, 0.3) is 0 Å². The summed E-state index contributed by atoms with van der Waals surface area (Å²) in [6.07, 6.45) is 2.92. The molecule has 1 fully saturated rings. The monoisotopic (exact) mass is 487 g/mol. The molecule has 1 saturated carbocycles. The number of amides is 1. The van der Waals surface area contributed by atoms with Gasteiger partial charge in [0, 0.05) is 18.2 Å². The molecule has 6 nitrogen and oxygen atoms in total. The highest BCUT2D eigenvalue weighted by atomic mass is 16.6. The Kier molecular flexibility index (Phi) is 8.26. The van der Waals surface area contributed by atoms with Gasteiger partial charge in [-0.3, -0.25) is 4.79 Å². The Labute approximate surface area is 212 Å². The van der Waals surface area contributed by atoms with Crippen LogP contribution in [0.4, 0.5) is 4.79 Å². The van der Waals surface area contributed by atoms with E-state index in [0.717, 1.165) is 52.6 Å². The van der Waals surface area contributed by atoms with Gasteiger partial charge in [-0.2, -0.15) is 0 Å². The lowest BCUT2D eigenvalue weighted by atomic mass is 9.90. The topological polar surface area (TPSA) is 65.1 Å². The minimum atomic E-state index is -0.303. The van der Waals surface area contributed by atoms with Gasteiger partial charge in [-0.05, 0) is 60.6 Å². The molecule has 4 rings (SSSR count). The van der Waals surface area contributed by atoms with Crippen molar-refractivity contribution in [1.29, 1.82) is 0 Å². The normalized spacial score (nSPS) is 13.0. The van der Waals surface area contributed by atoms with E-state index in [1.807, 2.05) is 66.4 Å². The van der Waals surface area contributed by atoms with Crippen molar-refractivity contribution in [3.63, 3.8) is 0 Å². The van der Waals surface area contributed by atoms with E-state index in [2.05, 4.69) is 12.1 Å². The molecule has 1 aliphatic carbocycles. The Morgan fingerprint density at radius 3 is 2.36 bits per heavy atom. The summed E-state index contributed by atoms with van der Waals surface area (Å²) in [5.41, 5.74) is 5.74. The van der Waals surface area contributed by atoms with Crippen molar-refractivity contribution in [2.24, 2.45) is 0 Å². The standard InChI is InChI=1S/C30H33NO5/c1-21-12-14-26(27-17-23(18-29(32)35-3)13-15-28(27)34-2)24(16-21)19-31(25-10-7-11-25)30(33)36-20-22-8-5-4-6-9-22/h4-6,8-9,12-17,25H,7,10-11,18-20H2,1-3H3. The van der Waals surface area contributed by atoms with E-state index in [0.29, 0.717) is 12.3 Å². The second-order valence-electron chi connectivity index (χ2n) is 9.20. The van der Waals surface area contributed by atoms with Crippen molar-refractivity contribution >= 4 is 12.1 Å². The quantitative estimate of drug-likeness (QED) is 0.342. The summed E-state index contributed by atoms with van der Waals surface area (Å²) >= 11 is 0. The zero-order chi connectivity index (χ0) is 25.5. The molecule has 0 aromatic heterocycles. The van der Waals surface area contributed by atoms with Crippen LogP contribution in [-0.2, 0) is 33.8 Å². The van der Waals surface area contributed by atoms with Gasteiger partial charge in [0.15, 0.2) is 0 Å². The van der Waals surface area contributed by atoms with Crippen LogP contribution in [0.25, 0.3) is 11.1 Å². The van der Waals surface area contributed by atoms with Crippen LogP contribution in [0.1, 0.15) is 41.5 Å². The zero-order valence-corrected chi connectivity index (χ0v) is 21.2. The van der Waals surface area contributed by atoms with Gasteiger partial charge in [-0.1, -0.05) is 60.2 Å². The number of hydrogen-bond acceptors (Lipinski definition) is 5. The van der Waals surface area contributed by atoms with Crippen molar-refractivity contribution in [2.45, 2.75) is 51.8 Å². The van der Waals surface area contributed by atoms with E-state index in [1.165, 1.54) is 7.11 Å². The summed E-state index contributed by atoms with van der Waals surface area (Å²) in [5.74, 6) is 0.406. The van der Waals surface area contributed by atoms with Crippen LogP contribution >= 0.6 is 0 Å². The SMILES string of the molecule is COC(=O)Cc1ccc(OC)c(-c2ccc(C)cc2CN(C(=O)OCc2ccccc2)C2CCC2)c1. The zero-order valence-electron chi connectivity index (χ0n) is 21.2. The number of benzene rings is 3. The van der Waals surface area contributed by atoms with Gasteiger partial charge >= 0.3 is 12.1 Å². The summed E-state index contributed by atoms with van der Waals surface area (Å²) < 4.78 is 16.2. The molecule has 3 aromatic rings. The van der Waals surface area contributed by atoms with E-state index in [9.17, 15) is 9.59 Å². The molecule has 0 N–H and O–H groups in total. The Hall–Kier alpha value is -3.80. The van der Waals surface area contributed by atoms with Gasteiger partial charge in [0.2, 0.25) is 0 Å². The van der Waals surface area contributed by atoms with Crippen LogP contribution in [0.5, 0.6) is 5.75 Å². The van der Waals surface area contributed by atoms with Gasteiger partial charge in [0.05, 0.1) is 20.6 Å². The van der Waals surface area contributed by atoms with Crippen molar-refractivity contribution in [1.82, 2.24) is 4.90 Å². The first-order valence-electron chi connectivity index (χ1n) is 12.3. The number of methoxy groups -OCH3 is 2. The Morgan fingerprint density at radius 1 is 0.917 bits per heavy atom. The van der Waals surface area contributed by atoms with Crippen LogP contribution in [0, 0.1) is 6.92 Å². The number of aryl methyl sites for hydroxylation is 1. The maximum Gasteiger partial charge on any atom is 0.410 e. The molecule has 36 heavy (non-hydrogen) atoms. The number of hydrogen-bond donors (Lipinski definition) is 0. The Bertz CT molecular complexity index is 1200. The third-order valence-corrected chi connectivity index (χ3v) is 6.69. The van der Waals surface area contributed by atoms with E-state index < -0.39 is 0 Å². The maximum absolute atomic E-state index is 13.2. The predicted octanol–water partition coefficient (Wildman–Crippen LogP) is 6.08. The lowest BCUT2D eigenvalue weighted by Crippen LogP contribution is -2.44. The van der Waals surface area contributed by atoms with E-state index in [4.69, 9.17) is 14.2 Å². The number of nitrogens with zero attached hydrogens (tertiary/aromatic N) is 1. The first-order valence-corrected chi connectivity index (χ1v) is 12.3. The van der Waals surface area contributed by atoms with E-state index in [1.54, 1.807) is 7.11 Å². The maximum atomic E-state index is 13.2. The second kappa shape index (κ2) is 11.8. The molecule has 0 spiro atoms. The van der Waals surface area contributed by atoms with Gasteiger partial charge in [-0.25, -0.2) is 4.79 Å². The number of carbonyl (C=O) groups is 2. The largest absolute Gasteiger partial charge is 0.496 e. The summed E-state index contributed by atoms with van der Waals surface area (Å²) in [5, 5.41) is 0. The van der Waals surface area contributed by atoms with Crippen LogP contribution in [0.15, 0.2) is 66.7 Å². The minimum Gasteiger partial charge on any atom is -0.496 e. The molecule has 188 valence electrons. The number of rotatable bonds is 9. The molecule has 0 atom stereocenters. The molecule has 1 amide bonds. The summed E-state index contributed by atoms with van der Waals surface area (Å²) in [4.78, 5) is 27.0. The lowest BCUT2D eigenvalue weighted by Gasteiger charge is -2.37. The third kappa shape index (κ3) is 6.06. The first-order chi connectivity index (χ1) is 17.5. The average Bonchev–Trinajstić information content (AvgIpc) is 2.86. The fraction of sp³-hybridized carbons (Fsp3) is 0.333. The van der Waals surface area contributed by atoms with Gasteiger partial charge < -0.3 is 19.1 Å². The number of ether oxygens (including phenoxy) is 3. The third-order valence-electron chi connectivity index (χ3n) is 6.69. The molecule has 0 aliphatic heterocycles. The summed E-state index contributed by atoms with van der Waals surface area (Å²) in [6.45, 7) is 2.71. The number of esters is 1.